The van der Waals surface area contributed by atoms with Crippen LogP contribution in [0.15, 0.2) is 77.7 Å². The van der Waals surface area contributed by atoms with E-state index in [2.05, 4.69) is 16.7 Å². The quantitative estimate of drug-likeness (QED) is 0.312. The Morgan fingerprint density at radius 1 is 0.857 bits per heavy atom. The van der Waals surface area contributed by atoms with E-state index < -0.39 is 15.8 Å². The number of nitrogens with one attached hydrogen (secondary N) is 2. The number of anilines is 2. The van der Waals surface area contributed by atoms with Gasteiger partial charge in [-0.15, -0.1) is 0 Å². The Labute approximate surface area is 206 Å². The molecular formula is C27H30N2O5S. The van der Waals surface area contributed by atoms with E-state index in [0.717, 1.165) is 29.7 Å². The molecule has 184 valence electrons. The molecule has 0 unspecified atom stereocenters. The van der Waals surface area contributed by atoms with Crippen molar-refractivity contribution in [1.82, 2.24) is 0 Å². The number of benzene rings is 3. The minimum absolute atomic E-state index is 0.0577. The highest BCUT2D eigenvalue weighted by molar-refractivity contribution is 7.91. The van der Waals surface area contributed by atoms with Crippen molar-refractivity contribution in [2.24, 2.45) is 0 Å². The first kappa shape index (κ1) is 26.0. The van der Waals surface area contributed by atoms with E-state index in [1.54, 1.807) is 24.3 Å². The number of rotatable bonds is 12. The van der Waals surface area contributed by atoms with Crippen molar-refractivity contribution in [3.63, 3.8) is 0 Å². The van der Waals surface area contributed by atoms with Gasteiger partial charge in [-0.1, -0.05) is 30.3 Å². The number of carboxylic acid groups (broad SMARTS) is 1. The van der Waals surface area contributed by atoms with Gasteiger partial charge in [-0.05, 0) is 79.3 Å². The van der Waals surface area contributed by atoms with Crippen molar-refractivity contribution in [2.45, 2.75) is 37.5 Å². The molecule has 0 heterocycles. The lowest BCUT2D eigenvalue weighted by Crippen LogP contribution is -2.10. The number of unbranched alkanes of at least 4 members (excludes halogenated alkanes) is 1. The highest BCUT2D eigenvalue weighted by Gasteiger charge is 2.14. The normalized spacial score (nSPS) is 11.1. The van der Waals surface area contributed by atoms with E-state index >= 15 is 0 Å². The number of aryl methyl sites for hydroxylation is 2. The van der Waals surface area contributed by atoms with Crippen molar-refractivity contribution < 1.29 is 23.1 Å². The van der Waals surface area contributed by atoms with Crippen molar-refractivity contribution >= 4 is 33.1 Å². The van der Waals surface area contributed by atoms with E-state index in [1.807, 2.05) is 30.3 Å². The molecule has 0 spiro atoms. The van der Waals surface area contributed by atoms with E-state index in [9.17, 15) is 18.0 Å². The molecule has 35 heavy (non-hydrogen) atoms. The standard InChI is InChI=1S/C27H30N2O5S/c1-20(30)29-24-14-16-25(17-15-24)35(33,34)19-5-4-18-28-26-7-3-2-6-22(26)11-8-21-9-12-23(13-10-21)27(31)32/h2-3,6-7,9-10,12-17,28H,4-5,8,11,18-19H2,1H3,(H,29,30)(H,31,32). The molecule has 0 bridgehead atoms. The molecule has 0 atom stereocenters. The van der Waals surface area contributed by atoms with Gasteiger partial charge in [0.2, 0.25) is 5.91 Å². The summed E-state index contributed by atoms with van der Waals surface area (Å²) < 4.78 is 25.2. The minimum atomic E-state index is -3.38. The number of aromatic carboxylic acids is 1. The molecule has 0 radical (unpaired) electrons. The number of hydrogen-bond acceptors (Lipinski definition) is 5. The van der Waals surface area contributed by atoms with Gasteiger partial charge in [-0.3, -0.25) is 4.79 Å². The molecule has 3 aromatic carbocycles. The molecular weight excluding hydrogens is 464 g/mol. The number of sulfone groups is 1. The van der Waals surface area contributed by atoms with Crippen LogP contribution < -0.4 is 10.6 Å². The van der Waals surface area contributed by atoms with Crippen LogP contribution in [0, 0.1) is 0 Å². The van der Waals surface area contributed by atoms with E-state index in [-0.39, 0.29) is 22.1 Å². The summed E-state index contributed by atoms with van der Waals surface area (Å²) in [5.41, 5.74) is 4.09. The van der Waals surface area contributed by atoms with Crippen molar-refractivity contribution in [1.29, 1.82) is 0 Å². The maximum absolute atomic E-state index is 12.6. The molecule has 0 aliphatic heterocycles. The minimum Gasteiger partial charge on any atom is -0.478 e. The third-order valence-corrected chi connectivity index (χ3v) is 7.41. The predicted molar refractivity (Wildman–Crippen MR) is 138 cm³/mol. The van der Waals surface area contributed by atoms with Crippen LogP contribution in [0.1, 0.15) is 41.3 Å². The fourth-order valence-corrected chi connectivity index (χ4v) is 5.08. The van der Waals surface area contributed by atoms with Crippen molar-refractivity contribution in [2.75, 3.05) is 22.9 Å². The van der Waals surface area contributed by atoms with E-state index in [1.165, 1.54) is 19.1 Å². The third-order valence-electron chi connectivity index (χ3n) is 5.59. The van der Waals surface area contributed by atoms with Gasteiger partial charge in [0.05, 0.1) is 16.2 Å². The van der Waals surface area contributed by atoms with Gasteiger partial charge in [0.25, 0.3) is 0 Å². The molecule has 8 heteroatoms. The van der Waals surface area contributed by atoms with Crippen LogP contribution in [-0.2, 0) is 27.5 Å². The molecule has 3 rings (SSSR count). The van der Waals surface area contributed by atoms with Gasteiger partial charge >= 0.3 is 5.97 Å². The first-order chi connectivity index (χ1) is 16.7. The van der Waals surface area contributed by atoms with E-state index in [4.69, 9.17) is 5.11 Å². The number of carboxylic acids is 1. The largest absolute Gasteiger partial charge is 0.478 e. The molecule has 0 fully saturated rings. The Morgan fingerprint density at radius 2 is 1.54 bits per heavy atom. The average molecular weight is 495 g/mol. The first-order valence-electron chi connectivity index (χ1n) is 11.5. The van der Waals surface area contributed by atoms with Gasteiger partial charge in [-0.25, -0.2) is 13.2 Å². The lowest BCUT2D eigenvalue weighted by Gasteiger charge is -2.12. The van der Waals surface area contributed by atoms with Crippen LogP contribution in [0.4, 0.5) is 11.4 Å². The fraction of sp³-hybridized carbons (Fsp3) is 0.259. The maximum atomic E-state index is 12.6. The predicted octanol–water partition coefficient (Wildman–Crippen LogP) is 4.79. The van der Waals surface area contributed by atoms with Gasteiger partial charge in [0, 0.05) is 24.8 Å². The topological polar surface area (TPSA) is 113 Å². The summed E-state index contributed by atoms with van der Waals surface area (Å²) in [5.74, 6) is -1.08. The van der Waals surface area contributed by atoms with Crippen molar-refractivity contribution in [3.8, 4) is 0 Å². The molecule has 1 amide bonds. The highest BCUT2D eigenvalue weighted by Crippen LogP contribution is 2.19. The van der Waals surface area contributed by atoms with Crippen LogP contribution in [-0.4, -0.2) is 37.7 Å². The summed E-state index contributed by atoms with van der Waals surface area (Å²) in [4.78, 5) is 22.4. The Bertz CT molecular complexity index is 1250. The molecule has 0 aromatic heterocycles. The van der Waals surface area contributed by atoms with Crippen LogP contribution in [0.3, 0.4) is 0 Å². The summed E-state index contributed by atoms with van der Waals surface area (Å²) in [5, 5.41) is 15.1. The Hall–Kier alpha value is -3.65. The molecule has 0 aliphatic rings. The van der Waals surface area contributed by atoms with Gasteiger partial charge in [0.15, 0.2) is 9.84 Å². The second-order valence-electron chi connectivity index (χ2n) is 8.32. The Balaban J connectivity index is 1.46. The smallest absolute Gasteiger partial charge is 0.335 e. The maximum Gasteiger partial charge on any atom is 0.335 e. The average Bonchev–Trinajstić information content (AvgIpc) is 2.83. The molecule has 3 N–H and O–H groups in total. The number of carbonyl (C=O) groups is 2. The zero-order chi connectivity index (χ0) is 25.3. The Morgan fingerprint density at radius 3 is 2.20 bits per heavy atom. The number of carbonyl (C=O) groups excluding carboxylic acids is 1. The zero-order valence-corrected chi connectivity index (χ0v) is 20.5. The summed E-state index contributed by atoms with van der Waals surface area (Å²) in [6.07, 6.45) is 2.82. The molecule has 0 saturated heterocycles. The van der Waals surface area contributed by atoms with Crippen molar-refractivity contribution in [3.05, 3.63) is 89.5 Å². The summed E-state index contributed by atoms with van der Waals surface area (Å²) in [6.45, 7) is 2.06. The van der Waals surface area contributed by atoms with Crippen LogP contribution in [0.2, 0.25) is 0 Å². The second-order valence-corrected chi connectivity index (χ2v) is 10.4. The lowest BCUT2D eigenvalue weighted by molar-refractivity contribution is -0.114. The monoisotopic (exact) mass is 494 g/mol. The van der Waals surface area contributed by atoms with Crippen LogP contribution >= 0.6 is 0 Å². The summed E-state index contributed by atoms with van der Waals surface area (Å²) in [6, 6.07) is 21.1. The van der Waals surface area contributed by atoms with Gasteiger partial charge in [-0.2, -0.15) is 0 Å². The summed E-state index contributed by atoms with van der Waals surface area (Å²) >= 11 is 0. The molecule has 7 nitrogen and oxygen atoms in total. The molecule has 3 aromatic rings. The fourth-order valence-electron chi connectivity index (χ4n) is 3.71. The van der Waals surface area contributed by atoms with Gasteiger partial charge < -0.3 is 15.7 Å². The number of amides is 1. The molecule has 0 aliphatic carbocycles. The SMILES string of the molecule is CC(=O)Nc1ccc(S(=O)(=O)CCCCNc2ccccc2CCc2ccc(C(=O)O)cc2)cc1. The van der Waals surface area contributed by atoms with E-state index in [0.29, 0.717) is 25.1 Å². The number of hydrogen-bond donors (Lipinski definition) is 3. The second kappa shape index (κ2) is 12.2. The third kappa shape index (κ3) is 7.96. The highest BCUT2D eigenvalue weighted by atomic mass is 32.2. The Kier molecular flexibility index (Phi) is 9.03. The van der Waals surface area contributed by atoms with Gasteiger partial charge in [0.1, 0.15) is 0 Å². The zero-order valence-electron chi connectivity index (χ0n) is 19.7. The van der Waals surface area contributed by atoms with Crippen LogP contribution in [0.25, 0.3) is 0 Å². The van der Waals surface area contributed by atoms with Crippen LogP contribution in [0.5, 0.6) is 0 Å². The summed E-state index contributed by atoms with van der Waals surface area (Å²) in [7, 11) is -3.38. The lowest BCUT2D eigenvalue weighted by atomic mass is 10.0. The number of para-hydroxylation sites is 1. The first-order valence-corrected chi connectivity index (χ1v) is 13.1. The molecule has 0 saturated carbocycles.